The zero-order valence-corrected chi connectivity index (χ0v) is 11.8. The molecule has 5 heteroatoms. The molecule has 1 aliphatic rings. The van der Waals surface area contributed by atoms with Gasteiger partial charge >= 0.3 is 0 Å². The maximum absolute atomic E-state index is 12.5. The summed E-state index contributed by atoms with van der Waals surface area (Å²) < 4.78 is 0. The summed E-state index contributed by atoms with van der Waals surface area (Å²) in [4.78, 5) is 25.8. The lowest BCUT2D eigenvalue weighted by Crippen LogP contribution is -2.30. The monoisotopic (exact) mass is 293 g/mol. The van der Waals surface area contributed by atoms with E-state index in [4.69, 9.17) is 11.5 Å². The molecule has 2 amide bonds. The first kappa shape index (κ1) is 13.9. The molecule has 2 aromatic carbocycles. The van der Waals surface area contributed by atoms with Gasteiger partial charge in [0.2, 0.25) is 0 Å². The summed E-state index contributed by atoms with van der Waals surface area (Å²) in [5, 5.41) is 0. The number of rotatable bonds is 3. The fourth-order valence-electron chi connectivity index (χ4n) is 2.41. The molecule has 0 radical (unpaired) electrons. The van der Waals surface area contributed by atoms with Crippen molar-refractivity contribution in [1.29, 1.82) is 0 Å². The summed E-state index contributed by atoms with van der Waals surface area (Å²) >= 11 is 0. The van der Waals surface area contributed by atoms with E-state index in [-0.39, 0.29) is 18.4 Å². The second kappa shape index (κ2) is 5.37. The second-order valence-corrected chi connectivity index (χ2v) is 5.11. The van der Waals surface area contributed by atoms with Crippen LogP contribution in [-0.2, 0) is 16.1 Å². The van der Waals surface area contributed by atoms with Gasteiger partial charge < -0.3 is 11.5 Å². The van der Waals surface area contributed by atoms with Gasteiger partial charge in [0.25, 0.3) is 11.8 Å². The summed E-state index contributed by atoms with van der Waals surface area (Å²) in [6, 6.07) is 14.2. The lowest BCUT2D eigenvalue weighted by Gasteiger charge is -2.16. The van der Waals surface area contributed by atoms with Crippen LogP contribution in [0.4, 0.5) is 11.4 Å². The summed E-state index contributed by atoms with van der Waals surface area (Å²) in [5.41, 5.74) is 14.4. The topological polar surface area (TPSA) is 89.4 Å². The van der Waals surface area contributed by atoms with Crippen molar-refractivity contribution in [3.05, 3.63) is 65.7 Å². The molecule has 0 aliphatic carbocycles. The third kappa shape index (κ3) is 2.44. The average Bonchev–Trinajstić information content (AvgIpc) is 2.79. The molecule has 1 aliphatic heterocycles. The van der Waals surface area contributed by atoms with Gasteiger partial charge in [-0.3, -0.25) is 14.5 Å². The lowest BCUT2D eigenvalue weighted by atomic mass is 10.1. The van der Waals surface area contributed by atoms with Gasteiger partial charge in [0.15, 0.2) is 0 Å². The third-order valence-corrected chi connectivity index (χ3v) is 3.59. The predicted molar refractivity (Wildman–Crippen MR) is 85.2 cm³/mol. The largest absolute Gasteiger partial charge is 0.399 e. The summed E-state index contributed by atoms with van der Waals surface area (Å²) in [5.74, 6) is -0.646. The summed E-state index contributed by atoms with van der Waals surface area (Å²) in [7, 11) is 0. The highest BCUT2D eigenvalue weighted by Gasteiger charge is 2.31. The molecular formula is C17H15N3O2. The Labute approximate surface area is 127 Å². The van der Waals surface area contributed by atoms with Crippen LogP contribution in [0, 0.1) is 0 Å². The van der Waals surface area contributed by atoms with Gasteiger partial charge in [0.05, 0.1) is 12.1 Å². The number of hydrogen-bond acceptors (Lipinski definition) is 4. The molecule has 0 bridgehead atoms. The van der Waals surface area contributed by atoms with Crippen LogP contribution in [0.1, 0.15) is 11.1 Å². The second-order valence-electron chi connectivity index (χ2n) is 5.11. The van der Waals surface area contributed by atoms with E-state index in [1.807, 2.05) is 18.2 Å². The highest BCUT2D eigenvalue weighted by Crippen LogP contribution is 2.26. The Morgan fingerprint density at radius 1 is 0.955 bits per heavy atom. The minimum absolute atomic E-state index is 0.136. The molecule has 0 aromatic heterocycles. The lowest BCUT2D eigenvalue weighted by molar-refractivity contribution is -0.137. The number of carbonyl (C=O) groups is 2. The van der Waals surface area contributed by atoms with Crippen molar-refractivity contribution < 1.29 is 9.59 Å². The SMILES string of the molecule is Nc1ccc(CN2C(=O)C=C(c3ccccc3)C2=O)c(N)c1. The number of carbonyl (C=O) groups excluding carboxylic acids is 2. The normalized spacial score (nSPS) is 14.4. The quantitative estimate of drug-likeness (QED) is 0.667. The summed E-state index contributed by atoms with van der Waals surface area (Å²) in [6.45, 7) is 0.136. The molecule has 22 heavy (non-hydrogen) atoms. The van der Waals surface area contributed by atoms with Crippen LogP contribution in [0.5, 0.6) is 0 Å². The zero-order valence-electron chi connectivity index (χ0n) is 11.8. The molecule has 1 heterocycles. The highest BCUT2D eigenvalue weighted by atomic mass is 16.2. The zero-order chi connectivity index (χ0) is 15.7. The van der Waals surface area contributed by atoms with Crippen molar-refractivity contribution in [2.24, 2.45) is 0 Å². The van der Waals surface area contributed by atoms with Crippen LogP contribution in [-0.4, -0.2) is 16.7 Å². The number of nitrogens with two attached hydrogens (primary N) is 2. The smallest absolute Gasteiger partial charge is 0.261 e. The molecule has 0 unspecified atom stereocenters. The van der Waals surface area contributed by atoms with Crippen molar-refractivity contribution in [2.45, 2.75) is 6.54 Å². The molecule has 4 N–H and O–H groups in total. The first-order valence-corrected chi connectivity index (χ1v) is 6.83. The summed E-state index contributed by atoms with van der Waals surface area (Å²) in [6.07, 6.45) is 1.37. The fourth-order valence-corrected chi connectivity index (χ4v) is 2.41. The molecule has 5 nitrogen and oxygen atoms in total. The Morgan fingerprint density at radius 2 is 1.68 bits per heavy atom. The Hall–Kier alpha value is -3.08. The minimum atomic E-state index is -0.333. The first-order valence-electron chi connectivity index (χ1n) is 6.83. The van der Waals surface area contributed by atoms with Gasteiger partial charge in [-0.15, -0.1) is 0 Å². The number of amides is 2. The van der Waals surface area contributed by atoms with Crippen molar-refractivity contribution >= 4 is 28.8 Å². The number of imide groups is 1. The molecule has 3 rings (SSSR count). The number of nitrogen functional groups attached to an aromatic ring is 2. The first-order chi connectivity index (χ1) is 10.6. The van der Waals surface area contributed by atoms with E-state index in [1.54, 1.807) is 30.3 Å². The molecule has 110 valence electrons. The molecule has 2 aromatic rings. The molecule has 0 fully saturated rings. The molecule has 0 saturated heterocycles. The fraction of sp³-hybridized carbons (Fsp3) is 0.0588. The average molecular weight is 293 g/mol. The number of benzene rings is 2. The Kier molecular flexibility index (Phi) is 3.39. The van der Waals surface area contributed by atoms with Crippen molar-refractivity contribution in [3.8, 4) is 0 Å². The van der Waals surface area contributed by atoms with Gasteiger partial charge in [0, 0.05) is 17.5 Å². The van der Waals surface area contributed by atoms with E-state index in [0.29, 0.717) is 22.5 Å². The Bertz CT molecular complexity index is 782. The Balaban J connectivity index is 1.86. The maximum Gasteiger partial charge on any atom is 0.261 e. The van der Waals surface area contributed by atoms with Gasteiger partial charge in [0.1, 0.15) is 0 Å². The van der Waals surface area contributed by atoms with Crippen LogP contribution in [0.25, 0.3) is 5.57 Å². The van der Waals surface area contributed by atoms with Crippen LogP contribution in [0.3, 0.4) is 0 Å². The van der Waals surface area contributed by atoms with Gasteiger partial charge in [-0.25, -0.2) is 0 Å². The number of hydrogen-bond donors (Lipinski definition) is 2. The highest BCUT2D eigenvalue weighted by molar-refractivity contribution is 6.33. The van der Waals surface area contributed by atoms with E-state index >= 15 is 0 Å². The molecular weight excluding hydrogens is 278 g/mol. The van der Waals surface area contributed by atoms with Crippen LogP contribution in [0.2, 0.25) is 0 Å². The standard InChI is InChI=1S/C17H15N3O2/c18-13-7-6-12(15(19)8-13)10-20-16(21)9-14(17(20)22)11-4-2-1-3-5-11/h1-9H,10,18-19H2. The molecule has 0 atom stereocenters. The molecule has 0 spiro atoms. The van der Waals surface area contributed by atoms with Crippen molar-refractivity contribution in [3.63, 3.8) is 0 Å². The van der Waals surface area contributed by atoms with E-state index in [0.717, 1.165) is 5.56 Å². The van der Waals surface area contributed by atoms with Crippen LogP contribution in [0.15, 0.2) is 54.6 Å². The third-order valence-electron chi connectivity index (χ3n) is 3.59. The van der Waals surface area contributed by atoms with E-state index < -0.39 is 0 Å². The Morgan fingerprint density at radius 3 is 2.36 bits per heavy atom. The number of nitrogens with zero attached hydrogens (tertiary/aromatic N) is 1. The van der Waals surface area contributed by atoms with E-state index in [1.165, 1.54) is 11.0 Å². The van der Waals surface area contributed by atoms with Crippen LogP contribution >= 0.6 is 0 Å². The van der Waals surface area contributed by atoms with Crippen LogP contribution < -0.4 is 11.5 Å². The van der Waals surface area contributed by atoms with Crippen molar-refractivity contribution in [1.82, 2.24) is 4.90 Å². The number of anilines is 2. The minimum Gasteiger partial charge on any atom is -0.399 e. The predicted octanol–water partition coefficient (Wildman–Crippen LogP) is 1.80. The van der Waals surface area contributed by atoms with Gasteiger partial charge in [-0.05, 0) is 23.3 Å². The van der Waals surface area contributed by atoms with E-state index in [9.17, 15) is 9.59 Å². The molecule has 0 saturated carbocycles. The maximum atomic E-state index is 12.5. The van der Waals surface area contributed by atoms with Gasteiger partial charge in [-0.2, -0.15) is 0 Å². The van der Waals surface area contributed by atoms with Crippen molar-refractivity contribution in [2.75, 3.05) is 11.5 Å². The van der Waals surface area contributed by atoms with E-state index in [2.05, 4.69) is 0 Å². The van der Waals surface area contributed by atoms with Gasteiger partial charge in [-0.1, -0.05) is 36.4 Å².